The van der Waals surface area contributed by atoms with E-state index in [-0.39, 0.29) is 0 Å². The van der Waals surface area contributed by atoms with Crippen molar-refractivity contribution in [1.29, 1.82) is 0 Å². The van der Waals surface area contributed by atoms with Crippen LogP contribution in [0.4, 0.5) is 0 Å². The highest BCUT2D eigenvalue weighted by Gasteiger charge is 2.01. The predicted octanol–water partition coefficient (Wildman–Crippen LogP) is 3.76. The molecule has 0 saturated carbocycles. The molecule has 1 aliphatic rings. The molecule has 0 fully saturated rings. The van der Waals surface area contributed by atoms with Crippen LogP contribution in [0.3, 0.4) is 0 Å². The Morgan fingerprint density at radius 2 is 1.86 bits per heavy atom. The summed E-state index contributed by atoms with van der Waals surface area (Å²) in [7, 11) is 0. The van der Waals surface area contributed by atoms with E-state index in [1.807, 2.05) is 0 Å². The predicted molar refractivity (Wildman–Crippen MR) is 62.1 cm³/mol. The van der Waals surface area contributed by atoms with Crippen molar-refractivity contribution in [2.24, 2.45) is 0 Å². The molecule has 1 aliphatic carbocycles. The Morgan fingerprint density at radius 3 is 2.79 bits per heavy atom. The van der Waals surface area contributed by atoms with E-state index in [9.17, 15) is 0 Å². The summed E-state index contributed by atoms with van der Waals surface area (Å²) in [6.45, 7) is 2.16. The number of fused-ring (bicyclic) bond motifs is 1. The zero-order valence-corrected chi connectivity index (χ0v) is 8.40. The van der Waals surface area contributed by atoms with Gasteiger partial charge in [0.15, 0.2) is 0 Å². The van der Waals surface area contributed by atoms with E-state index in [2.05, 4.69) is 61.6 Å². The van der Waals surface area contributed by atoms with Gasteiger partial charge < -0.3 is 0 Å². The molecule has 0 spiro atoms. The smallest absolute Gasteiger partial charge is 0.00883 e. The lowest BCUT2D eigenvalue weighted by Gasteiger charge is -2.06. The zero-order valence-electron chi connectivity index (χ0n) is 8.40. The minimum Gasteiger partial charge on any atom is -0.0801 e. The molecule has 0 heteroatoms. The van der Waals surface area contributed by atoms with Crippen LogP contribution >= 0.6 is 0 Å². The summed E-state index contributed by atoms with van der Waals surface area (Å²) < 4.78 is 0. The second kappa shape index (κ2) is 4.10. The highest BCUT2D eigenvalue weighted by Crippen LogP contribution is 2.20. The molecule has 0 N–H and O–H groups in total. The van der Waals surface area contributed by atoms with E-state index in [0.29, 0.717) is 0 Å². The van der Waals surface area contributed by atoms with E-state index >= 15 is 0 Å². The normalized spacial score (nSPS) is 23.4. The van der Waals surface area contributed by atoms with Gasteiger partial charge in [0.25, 0.3) is 0 Å². The molecular formula is C14H14. The first kappa shape index (κ1) is 9.01. The maximum atomic E-state index is 2.20. The minimum absolute atomic E-state index is 1.02. The van der Waals surface area contributed by atoms with Gasteiger partial charge in [0.1, 0.15) is 0 Å². The Morgan fingerprint density at radius 1 is 1.00 bits per heavy atom. The molecular weight excluding hydrogens is 168 g/mol. The van der Waals surface area contributed by atoms with Gasteiger partial charge in [0.05, 0.1) is 0 Å². The van der Waals surface area contributed by atoms with Gasteiger partial charge in [-0.1, -0.05) is 54.6 Å². The third-order valence-corrected chi connectivity index (χ3v) is 2.48. The SMILES string of the molecule is C\C1=C/C=C\C=C\Cc2ccccc21. The summed E-state index contributed by atoms with van der Waals surface area (Å²) in [5.41, 5.74) is 4.10. The second-order valence-corrected chi connectivity index (χ2v) is 3.52. The molecule has 0 aromatic heterocycles. The molecule has 0 bridgehead atoms. The molecule has 2 rings (SSSR count). The van der Waals surface area contributed by atoms with Gasteiger partial charge in [-0.25, -0.2) is 0 Å². The van der Waals surface area contributed by atoms with E-state index in [1.165, 1.54) is 16.7 Å². The van der Waals surface area contributed by atoms with E-state index in [1.54, 1.807) is 0 Å². The van der Waals surface area contributed by atoms with Crippen LogP contribution in [0, 0.1) is 0 Å². The van der Waals surface area contributed by atoms with Crippen molar-refractivity contribution >= 4 is 5.57 Å². The molecule has 0 unspecified atom stereocenters. The van der Waals surface area contributed by atoms with Crippen molar-refractivity contribution in [1.82, 2.24) is 0 Å². The van der Waals surface area contributed by atoms with Crippen molar-refractivity contribution in [3.05, 3.63) is 65.8 Å². The van der Waals surface area contributed by atoms with Crippen molar-refractivity contribution in [2.45, 2.75) is 13.3 Å². The molecule has 0 aliphatic heterocycles. The molecule has 14 heavy (non-hydrogen) atoms. The third-order valence-electron chi connectivity index (χ3n) is 2.48. The number of allylic oxidation sites excluding steroid dienone is 6. The fourth-order valence-corrected chi connectivity index (χ4v) is 1.71. The van der Waals surface area contributed by atoms with Crippen LogP contribution in [-0.2, 0) is 6.42 Å². The average Bonchev–Trinajstić information content (AvgIpc) is 2.30. The maximum absolute atomic E-state index is 2.20. The van der Waals surface area contributed by atoms with Crippen LogP contribution in [-0.4, -0.2) is 0 Å². The highest BCUT2D eigenvalue weighted by atomic mass is 14.1. The number of rotatable bonds is 0. The van der Waals surface area contributed by atoms with E-state index in [0.717, 1.165) is 6.42 Å². The third kappa shape index (κ3) is 1.85. The van der Waals surface area contributed by atoms with Crippen molar-refractivity contribution < 1.29 is 0 Å². The Kier molecular flexibility index (Phi) is 2.64. The highest BCUT2D eigenvalue weighted by molar-refractivity contribution is 5.68. The first-order chi connectivity index (χ1) is 6.88. The lowest BCUT2D eigenvalue weighted by Crippen LogP contribution is -1.89. The Balaban J connectivity index is 2.52. The van der Waals surface area contributed by atoms with Crippen LogP contribution in [0.2, 0.25) is 0 Å². The van der Waals surface area contributed by atoms with Crippen LogP contribution in [0.25, 0.3) is 5.57 Å². The van der Waals surface area contributed by atoms with Crippen LogP contribution in [0.5, 0.6) is 0 Å². The van der Waals surface area contributed by atoms with Gasteiger partial charge in [0, 0.05) is 0 Å². The minimum atomic E-state index is 1.02. The number of hydrogen-bond donors (Lipinski definition) is 0. The molecule has 0 radical (unpaired) electrons. The fraction of sp³-hybridized carbons (Fsp3) is 0.143. The van der Waals surface area contributed by atoms with Gasteiger partial charge in [-0.05, 0) is 30.0 Å². The van der Waals surface area contributed by atoms with Crippen LogP contribution in [0.15, 0.2) is 54.6 Å². The van der Waals surface area contributed by atoms with Crippen LogP contribution in [0.1, 0.15) is 18.1 Å². The largest absolute Gasteiger partial charge is 0.0801 e. The van der Waals surface area contributed by atoms with Crippen molar-refractivity contribution in [2.75, 3.05) is 0 Å². The summed E-state index contributed by atoms with van der Waals surface area (Å²) in [6, 6.07) is 8.59. The van der Waals surface area contributed by atoms with Gasteiger partial charge in [-0.2, -0.15) is 0 Å². The van der Waals surface area contributed by atoms with Gasteiger partial charge in [-0.15, -0.1) is 0 Å². The summed E-state index contributed by atoms with van der Waals surface area (Å²) in [5, 5.41) is 0. The first-order valence-corrected chi connectivity index (χ1v) is 4.96. The first-order valence-electron chi connectivity index (χ1n) is 4.96. The Hall–Kier alpha value is -1.56. The summed E-state index contributed by atoms with van der Waals surface area (Å²) >= 11 is 0. The zero-order chi connectivity index (χ0) is 9.80. The molecule has 1 aromatic carbocycles. The maximum Gasteiger partial charge on any atom is -0.00883 e. The molecule has 0 heterocycles. The Labute approximate surface area is 85.3 Å². The lowest BCUT2D eigenvalue weighted by atomic mass is 9.99. The molecule has 0 saturated heterocycles. The summed E-state index contributed by atoms with van der Waals surface area (Å²) in [4.78, 5) is 0. The summed E-state index contributed by atoms with van der Waals surface area (Å²) in [5.74, 6) is 0. The van der Waals surface area contributed by atoms with Gasteiger partial charge in [0.2, 0.25) is 0 Å². The average molecular weight is 182 g/mol. The molecule has 0 nitrogen and oxygen atoms in total. The molecule has 0 atom stereocenters. The lowest BCUT2D eigenvalue weighted by molar-refractivity contribution is 1.25. The van der Waals surface area contributed by atoms with E-state index < -0.39 is 0 Å². The Bertz CT molecular complexity index is 406. The molecule has 1 aromatic rings. The quantitative estimate of drug-likeness (QED) is 0.573. The number of hydrogen-bond acceptors (Lipinski definition) is 0. The molecule has 70 valence electrons. The molecule has 0 amide bonds. The monoisotopic (exact) mass is 182 g/mol. The topological polar surface area (TPSA) is 0 Å². The van der Waals surface area contributed by atoms with Crippen LogP contribution < -0.4 is 0 Å². The van der Waals surface area contributed by atoms with Gasteiger partial charge >= 0.3 is 0 Å². The van der Waals surface area contributed by atoms with E-state index in [4.69, 9.17) is 0 Å². The second-order valence-electron chi connectivity index (χ2n) is 3.52. The van der Waals surface area contributed by atoms with Crippen molar-refractivity contribution in [3.63, 3.8) is 0 Å². The van der Waals surface area contributed by atoms with Crippen molar-refractivity contribution in [3.8, 4) is 0 Å². The fourth-order valence-electron chi connectivity index (χ4n) is 1.71. The number of benzene rings is 1. The standard InChI is InChI=1S/C14H14/c1-12-8-4-2-3-5-9-13-10-6-7-11-14(12)13/h2-8,10-11H,9H2,1H3/b4-2-,5-3+,12-8+. The van der Waals surface area contributed by atoms with Gasteiger partial charge in [-0.3, -0.25) is 0 Å². The summed E-state index contributed by atoms with van der Waals surface area (Å²) in [6.07, 6.45) is 11.6.